The van der Waals surface area contributed by atoms with Gasteiger partial charge in [0.05, 0.1) is 28.1 Å². The highest BCUT2D eigenvalue weighted by Crippen LogP contribution is 2.44. The van der Waals surface area contributed by atoms with Crippen LogP contribution in [-0.4, -0.2) is 9.55 Å². The molecule has 13 aromatic rings. The van der Waals surface area contributed by atoms with Crippen LogP contribution < -0.4 is 0 Å². The van der Waals surface area contributed by atoms with Gasteiger partial charge in [-0.15, -0.1) is 0 Å². The molecule has 0 saturated heterocycles. The number of nitrogens with zero attached hydrogens (tertiary/aromatic N) is 2. The quantitative estimate of drug-likeness (QED) is 0.163. The van der Waals surface area contributed by atoms with Crippen molar-refractivity contribution < 1.29 is 4.42 Å². The van der Waals surface area contributed by atoms with Gasteiger partial charge in [0.2, 0.25) is 0 Å². The molecule has 3 nitrogen and oxygen atoms in total. The molecule has 0 aliphatic heterocycles. The second kappa shape index (κ2) is 13.6. The zero-order valence-electron chi connectivity index (χ0n) is 33.6. The van der Waals surface area contributed by atoms with Crippen molar-refractivity contribution in [3.05, 3.63) is 218 Å². The molecule has 13 rings (SSSR count). The zero-order valence-corrected chi connectivity index (χ0v) is 33.6. The molecule has 0 bridgehead atoms. The van der Waals surface area contributed by atoms with E-state index in [1.807, 2.05) is 12.1 Å². The minimum atomic E-state index is 0.903. The van der Waals surface area contributed by atoms with Crippen LogP contribution in [0.4, 0.5) is 0 Å². The van der Waals surface area contributed by atoms with Crippen molar-refractivity contribution >= 4 is 76.1 Å². The average Bonchev–Trinajstić information content (AvgIpc) is 3.88. The Hall–Kier alpha value is -8.27. The van der Waals surface area contributed by atoms with Crippen LogP contribution in [0, 0.1) is 0 Å². The Kier molecular flexibility index (Phi) is 7.60. The maximum atomic E-state index is 6.33. The number of hydrogen-bond acceptors (Lipinski definition) is 2. The molecule has 3 heteroatoms. The molecule has 0 aliphatic carbocycles. The van der Waals surface area contributed by atoms with Gasteiger partial charge in [0.15, 0.2) is 0 Å². The first kappa shape index (κ1) is 34.6. The molecular weight excluding hydrogens is 753 g/mol. The summed E-state index contributed by atoms with van der Waals surface area (Å²) < 4.78 is 8.79. The fraction of sp³-hybridized carbons (Fsp3) is 0. The number of benzene rings is 10. The van der Waals surface area contributed by atoms with Crippen LogP contribution in [0.2, 0.25) is 0 Å². The third kappa shape index (κ3) is 5.42. The predicted molar refractivity (Wildman–Crippen MR) is 260 cm³/mol. The molecule has 10 aromatic carbocycles. The number of hydrogen-bond donors (Lipinski definition) is 0. The third-order valence-electron chi connectivity index (χ3n) is 12.7. The van der Waals surface area contributed by atoms with Crippen LogP contribution >= 0.6 is 0 Å². The summed E-state index contributed by atoms with van der Waals surface area (Å²) in [5, 5.41) is 12.1. The molecule has 0 fully saturated rings. The Morgan fingerprint density at radius 3 is 1.44 bits per heavy atom. The minimum Gasteiger partial charge on any atom is -0.456 e. The molecule has 0 spiro atoms. The molecule has 3 aromatic heterocycles. The molecule has 0 amide bonds. The monoisotopic (exact) mass is 788 g/mol. The van der Waals surface area contributed by atoms with Gasteiger partial charge in [-0.2, -0.15) is 0 Å². The molecule has 62 heavy (non-hydrogen) atoms. The summed E-state index contributed by atoms with van der Waals surface area (Å²) in [4.78, 5) is 5.26. The van der Waals surface area contributed by atoms with Crippen LogP contribution in [0.15, 0.2) is 223 Å². The molecule has 0 N–H and O–H groups in total. The third-order valence-corrected chi connectivity index (χ3v) is 12.7. The molecule has 0 unspecified atom stereocenters. The van der Waals surface area contributed by atoms with E-state index in [0.717, 1.165) is 72.3 Å². The molecular formula is C59H36N2O. The van der Waals surface area contributed by atoms with Crippen LogP contribution in [0.25, 0.3) is 127 Å². The zero-order chi connectivity index (χ0) is 40.7. The highest BCUT2D eigenvalue weighted by molar-refractivity contribution is 6.29. The lowest BCUT2D eigenvalue weighted by atomic mass is 9.91. The molecule has 3 heterocycles. The Morgan fingerprint density at radius 1 is 0.274 bits per heavy atom. The van der Waals surface area contributed by atoms with Crippen molar-refractivity contribution in [3.63, 3.8) is 0 Å². The molecule has 0 aliphatic rings. The number of para-hydroxylation sites is 1. The summed E-state index contributed by atoms with van der Waals surface area (Å²) in [6.45, 7) is 0. The standard InChI is InChI=1S/C59H36N2O/c1-4-14-37(15-5-1)40-26-29-56-52(31-40)53-35-50-45-21-11-10-20-44(45)49-30-41(42-25-28-48-47-22-12-13-23-58(47)62-59(48)32-42)24-27-46(49)51(50)36-57(53)61(56)43-33-54(38-16-6-2-7-17-38)60-55(34-43)39-18-8-3-9-19-39/h1-36H. The number of rotatable bonds is 5. The second-order valence-corrected chi connectivity index (χ2v) is 16.3. The summed E-state index contributed by atoms with van der Waals surface area (Å²) >= 11 is 0. The summed E-state index contributed by atoms with van der Waals surface area (Å²) in [6, 6.07) is 78.8. The summed E-state index contributed by atoms with van der Waals surface area (Å²) in [7, 11) is 0. The highest BCUT2D eigenvalue weighted by Gasteiger charge is 2.20. The van der Waals surface area contributed by atoms with Gasteiger partial charge in [0.1, 0.15) is 11.2 Å². The van der Waals surface area contributed by atoms with E-state index in [2.05, 4.69) is 211 Å². The summed E-state index contributed by atoms with van der Waals surface area (Å²) in [6.07, 6.45) is 0. The van der Waals surface area contributed by atoms with Gasteiger partial charge < -0.3 is 8.98 Å². The number of fused-ring (bicyclic) bond motifs is 12. The Morgan fingerprint density at radius 2 is 0.742 bits per heavy atom. The maximum absolute atomic E-state index is 6.33. The minimum absolute atomic E-state index is 0.903. The first-order valence-electron chi connectivity index (χ1n) is 21.2. The SMILES string of the molecule is c1ccc(-c2ccc3c(c2)c2cc4c5ccccc5c5cc(-c6ccc7c(c6)oc6ccccc67)ccc5c4cc2n3-c2cc(-c3ccccc3)nc(-c3ccccc3)c2)cc1. The number of pyridine rings is 1. The van der Waals surface area contributed by atoms with Gasteiger partial charge >= 0.3 is 0 Å². The van der Waals surface area contributed by atoms with E-state index < -0.39 is 0 Å². The van der Waals surface area contributed by atoms with Crippen LogP contribution in [0.5, 0.6) is 0 Å². The predicted octanol–water partition coefficient (Wildman–Crippen LogP) is 16.2. The number of furan rings is 1. The lowest BCUT2D eigenvalue weighted by Crippen LogP contribution is -1.98. The number of aromatic nitrogens is 2. The van der Waals surface area contributed by atoms with Crippen molar-refractivity contribution in [2.45, 2.75) is 0 Å². The highest BCUT2D eigenvalue weighted by atomic mass is 16.3. The van der Waals surface area contributed by atoms with Crippen molar-refractivity contribution in [2.75, 3.05) is 0 Å². The average molecular weight is 789 g/mol. The second-order valence-electron chi connectivity index (χ2n) is 16.3. The van der Waals surface area contributed by atoms with Gasteiger partial charge in [-0.05, 0) is 115 Å². The lowest BCUT2D eigenvalue weighted by Gasteiger charge is -2.15. The first-order valence-corrected chi connectivity index (χ1v) is 21.2. The van der Waals surface area contributed by atoms with Gasteiger partial charge in [-0.3, -0.25) is 0 Å². The smallest absolute Gasteiger partial charge is 0.136 e. The fourth-order valence-corrected chi connectivity index (χ4v) is 9.80. The first-order chi connectivity index (χ1) is 30.7. The molecule has 0 saturated carbocycles. The van der Waals surface area contributed by atoms with E-state index in [1.165, 1.54) is 54.2 Å². The van der Waals surface area contributed by atoms with Crippen molar-refractivity contribution in [2.24, 2.45) is 0 Å². The van der Waals surface area contributed by atoms with Crippen molar-refractivity contribution in [1.82, 2.24) is 9.55 Å². The Labute approximate surface area is 357 Å². The van der Waals surface area contributed by atoms with Gasteiger partial charge in [0.25, 0.3) is 0 Å². The largest absolute Gasteiger partial charge is 0.456 e. The maximum Gasteiger partial charge on any atom is 0.136 e. The normalized spacial score (nSPS) is 11.9. The van der Waals surface area contributed by atoms with Crippen molar-refractivity contribution in [1.29, 1.82) is 0 Å². The Balaban J connectivity index is 1.10. The summed E-state index contributed by atoms with van der Waals surface area (Å²) in [5.74, 6) is 0. The lowest BCUT2D eigenvalue weighted by molar-refractivity contribution is 0.669. The molecule has 0 radical (unpaired) electrons. The van der Waals surface area contributed by atoms with E-state index in [1.54, 1.807) is 0 Å². The Bertz CT molecular complexity index is 3840. The van der Waals surface area contributed by atoms with E-state index in [0.29, 0.717) is 0 Å². The van der Waals surface area contributed by atoms with E-state index in [-0.39, 0.29) is 0 Å². The van der Waals surface area contributed by atoms with Crippen LogP contribution in [0.1, 0.15) is 0 Å². The summed E-state index contributed by atoms with van der Waals surface area (Å²) in [5.41, 5.74) is 13.9. The van der Waals surface area contributed by atoms with Crippen LogP contribution in [0.3, 0.4) is 0 Å². The van der Waals surface area contributed by atoms with Gasteiger partial charge in [-0.1, -0.05) is 158 Å². The topological polar surface area (TPSA) is 31.0 Å². The van der Waals surface area contributed by atoms with Crippen molar-refractivity contribution in [3.8, 4) is 50.5 Å². The fourth-order valence-electron chi connectivity index (χ4n) is 9.80. The van der Waals surface area contributed by atoms with E-state index >= 15 is 0 Å². The molecule has 0 atom stereocenters. The van der Waals surface area contributed by atoms with Gasteiger partial charge in [-0.25, -0.2) is 4.98 Å². The van der Waals surface area contributed by atoms with E-state index in [4.69, 9.17) is 9.40 Å². The van der Waals surface area contributed by atoms with Gasteiger partial charge in [0, 0.05) is 32.7 Å². The van der Waals surface area contributed by atoms with E-state index in [9.17, 15) is 0 Å². The van der Waals surface area contributed by atoms with Crippen LogP contribution in [-0.2, 0) is 0 Å². The molecule has 288 valence electrons.